The molecule has 3 aromatic rings. The Morgan fingerprint density at radius 2 is 1.44 bits per heavy atom. The molecule has 5 heteroatoms. The zero-order chi connectivity index (χ0) is 19.2. The number of hydrogen-bond donors (Lipinski definition) is 1. The van der Waals surface area contributed by atoms with Gasteiger partial charge < -0.3 is 19.7 Å². The van der Waals surface area contributed by atoms with Gasteiger partial charge in [-0.1, -0.05) is 30.3 Å². The first kappa shape index (κ1) is 19.0. The zero-order valence-electron chi connectivity index (χ0n) is 15.9. The van der Waals surface area contributed by atoms with E-state index in [1.54, 1.807) is 14.2 Å². The van der Waals surface area contributed by atoms with Crippen LogP contribution in [0.5, 0.6) is 11.5 Å². The Morgan fingerprint density at radius 1 is 0.852 bits per heavy atom. The summed E-state index contributed by atoms with van der Waals surface area (Å²) >= 11 is 5.53. The third-order valence-corrected chi connectivity index (χ3v) is 4.94. The molecule has 0 fully saturated rings. The molecule has 4 nitrogen and oxygen atoms in total. The number of ether oxygens (including phenoxy) is 2. The fourth-order valence-electron chi connectivity index (χ4n) is 2.90. The first-order valence-corrected chi connectivity index (χ1v) is 9.18. The second-order valence-electron chi connectivity index (χ2n) is 6.41. The van der Waals surface area contributed by atoms with E-state index in [2.05, 4.69) is 29.6 Å². The molecule has 0 bridgehead atoms. The van der Waals surface area contributed by atoms with Gasteiger partial charge >= 0.3 is 0 Å². The van der Waals surface area contributed by atoms with Crippen LogP contribution in [0.25, 0.3) is 10.8 Å². The molecule has 0 radical (unpaired) electrons. The SMILES string of the molecule is COc1ccc(CNC(=S)N(C)Cc2ccc3cc(OC)ccc3c2)cc1. The van der Waals surface area contributed by atoms with Gasteiger partial charge in [-0.25, -0.2) is 0 Å². The van der Waals surface area contributed by atoms with Gasteiger partial charge in [-0.05, 0) is 64.4 Å². The van der Waals surface area contributed by atoms with E-state index >= 15 is 0 Å². The van der Waals surface area contributed by atoms with Gasteiger partial charge in [0.05, 0.1) is 14.2 Å². The lowest BCUT2D eigenvalue weighted by Gasteiger charge is -2.21. The molecule has 0 aliphatic rings. The van der Waals surface area contributed by atoms with Crippen LogP contribution in [0.1, 0.15) is 11.1 Å². The van der Waals surface area contributed by atoms with Crippen LogP contribution in [0.2, 0.25) is 0 Å². The van der Waals surface area contributed by atoms with Crippen molar-refractivity contribution in [1.82, 2.24) is 10.2 Å². The zero-order valence-corrected chi connectivity index (χ0v) is 16.7. The second-order valence-corrected chi connectivity index (χ2v) is 6.80. The van der Waals surface area contributed by atoms with Gasteiger partial charge in [0.1, 0.15) is 11.5 Å². The molecule has 27 heavy (non-hydrogen) atoms. The smallest absolute Gasteiger partial charge is 0.169 e. The van der Waals surface area contributed by atoms with Crippen LogP contribution in [0.4, 0.5) is 0 Å². The Morgan fingerprint density at radius 3 is 2.15 bits per heavy atom. The fourth-order valence-corrected chi connectivity index (χ4v) is 3.04. The van der Waals surface area contributed by atoms with Crippen molar-refractivity contribution in [1.29, 1.82) is 0 Å². The lowest BCUT2D eigenvalue weighted by molar-refractivity contribution is 0.414. The lowest BCUT2D eigenvalue weighted by atomic mass is 10.1. The minimum absolute atomic E-state index is 0.685. The van der Waals surface area contributed by atoms with Crippen LogP contribution >= 0.6 is 12.2 Å². The maximum Gasteiger partial charge on any atom is 0.169 e. The quantitative estimate of drug-likeness (QED) is 0.643. The number of rotatable bonds is 6. The number of methoxy groups -OCH3 is 2. The summed E-state index contributed by atoms with van der Waals surface area (Å²) in [5.41, 5.74) is 2.37. The molecule has 0 unspecified atom stereocenters. The highest BCUT2D eigenvalue weighted by molar-refractivity contribution is 7.80. The van der Waals surface area contributed by atoms with Crippen molar-refractivity contribution in [3.63, 3.8) is 0 Å². The van der Waals surface area contributed by atoms with E-state index in [1.807, 2.05) is 48.3 Å². The number of benzene rings is 3. The van der Waals surface area contributed by atoms with E-state index in [0.29, 0.717) is 6.54 Å². The largest absolute Gasteiger partial charge is 0.497 e. The molecule has 0 aromatic heterocycles. The first-order valence-electron chi connectivity index (χ1n) is 8.77. The van der Waals surface area contributed by atoms with E-state index < -0.39 is 0 Å². The summed E-state index contributed by atoms with van der Waals surface area (Å²) in [6.45, 7) is 1.43. The molecular weight excluding hydrogens is 356 g/mol. The summed E-state index contributed by atoms with van der Waals surface area (Å²) in [5, 5.41) is 6.39. The molecule has 1 N–H and O–H groups in total. The van der Waals surface area contributed by atoms with Crippen molar-refractivity contribution in [2.45, 2.75) is 13.1 Å². The van der Waals surface area contributed by atoms with Gasteiger partial charge in [-0.3, -0.25) is 0 Å². The highest BCUT2D eigenvalue weighted by atomic mass is 32.1. The number of thiocarbonyl (C=S) groups is 1. The Hall–Kier alpha value is -2.79. The average molecular weight is 381 g/mol. The van der Waals surface area contributed by atoms with E-state index in [4.69, 9.17) is 21.7 Å². The number of nitrogens with one attached hydrogen (secondary N) is 1. The third kappa shape index (κ3) is 4.89. The standard InChI is InChI=1S/C22H24N2O2S/c1-24(22(27)23-14-16-5-9-20(25-2)10-6-16)15-17-4-7-19-13-21(26-3)11-8-18(19)12-17/h4-13H,14-15H2,1-3H3,(H,23,27). The van der Waals surface area contributed by atoms with Crippen molar-refractivity contribution in [3.8, 4) is 11.5 Å². The fraction of sp³-hybridized carbons (Fsp3) is 0.227. The summed E-state index contributed by atoms with van der Waals surface area (Å²) in [6, 6.07) is 20.5. The van der Waals surface area contributed by atoms with Gasteiger partial charge in [0.2, 0.25) is 0 Å². The van der Waals surface area contributed by atoms with Crippen molar-refractivity contribution in [2.75, 3.05) is 21.3 Å². The molecule has 0 amide bonds. The van der Waals surface area contributed by atoms with Gasteiger partial charge in [0.15, 0.2) is 5.11 Å². The van der Waals surface area contributed by atoms with Crippen LogP contribution < -0.4 is 14.8 Å². The van der Waals surface area contributed by atoms with Crippen molar-refractivity contribution in [2.24, 2.45) is 0 Å². The highest BCUT2D eigenvalue weighted by Gasteiger charge is 2.06. The van der Waals surface area contributed by atoms with Crippen molar-refractivity contribution in [3.05, 3.63) is 71.8 Å². The summed E-state index contributed by atoms with van der Waals surface area (Å²) < 4.78 is 10.5. The van der Waals surface area contributed by atoms with Gasteiger partial charge in [-0.15, -0.1) is 0 Å². The van der Waals surface area contributed by atoms with Crippen molar-refractivity contribution < 1.29 is 9.47 Å². The molecule has 140 valence electrons. The van der Waals surface area contributed by atoms with Crippen LogP contribution in [0, 0.1) is 0 Å². The Bertz CT molecular complexity index is 925. The monoisotopic (exact) mass is 380 g/mol. The molecule has 0 saturated carbocycles. The average Bonchev–Trinajstić information content (AvgIpc) is 2.71. The summed E-state index contributed by atoms with van der Waals surface area (Å²) in [7, 11) is 5.35. The Kier molecular flexibility index (Phi) is 6.14. The number of fused-ring (bicyclic) bond motifs is 1. The van der Waals surface area contributed by atoms with Gasteiger partial charge in [0.25, 0.3) is 0 Å². The van der Waals surface area contributed by atoms with E-state index in [1.165, 1.54) is 16.3 Å². The normalized spacial score (nSPS) is 10.5. The van der Waals surface area contributed by atoms with Crippen LogP contribution in [0.15, 0.2) is 60.7 Å². The van der Waals surface area contributed by atoms with Gasteiger partial charge in [-0.2, -0.15) is 0 Å². The van der Waals surface area contributed by atoms with Crippen LogP contribution in [0.3, 0.4) is 0 Å². The topological polar surface area (TPSA) is 33.7 Å². The van der Waals surface area contributed by atoms with E-state index in [-0.39, 0.29) is 0 Å². The summed E-state index contributed by atoms with van der Waals surface area (Å²) in [5.74, 6) is 1.73. The van der Waals surface area contributed by atoms with Crippen molar-refractivity contribution >= 4 is 28.1 Å². The van der Waals surface area contributed by atoms with E-state index in [9.17, 15) is 0 Å². The molecule has 0 aliphatic heterocycles. The molecule has 0 spiro atoms. The third-order valence-electron chi connectivity index (χ3n) is 4.48. The summed E-state index contributed by atoms with van der Waals surface area (Å²) in [4.78, 5) is 2.05. The molecule has 0 saturated heterocycles. The number of hydrogen-bond acceptors (Lipinski definition) is 3. The van der Waals surface area contributed by atoms with E-state index in [0.717, 1.165) is 28.7 Å². The molecule has 0 heterocycles. The maximum absolute atomic E-state index is 5.53. The minimum atomic E-state index is 0.685. The highest BCUT2D eigenvalue weighted by Crippen LogP contribution is 2.22. The predicted molar refractivity (Wildman–Crippen MR) is 114 cm³/mol. The predicted octanol–water partition coefficient (Wildman–Crippen LogP) is 4.36. The first-order chi connectivity index (χ1) is 13.1. The molecule has 3 aromatic carbocycles. The van der Waals surface area contributed by atoms with Gasteiger partial charge in [0, 0.05) is 20.1 Å². The molecule has 0 aliphatic carbocycles. The lowest BCUT2D eigenvalue weighted by Crippen LogP contribution is -2.36. The van der Waals surface area contributed by atoms with Crippen LogP contribution in [-0.4, -0.2) is 31.3 Å². The Labute approximate surface area is 165 Å². The Balaban J connectivity index is 1.59. The summed E-state index contributed by atoms with van der Waals surface area (Å²) in [6.07, 6.45) is 0. The van der Waals surface area contributed by atoms with Crippen LogP contribution in [-0.2, 0) is 13.1 Å². The number of nitrogens with zero attached hydrogens (tertiary/aromatic N) is 1. The molecule has 3 rings (SSSR count). The maximum atomic E-state index is 5.53. The molecule has 0 atom stereocenters. The second kappa shape index (κ2) is 8.73. The molecular formula is C22H24N2O2S. The minimum Gasteiger partial charge on any atom is -0.497 e.